The Bertz CT molecular complexity index is 533. The van der Waals surface area contributed by atoms with Gasteiger partial charge in [-0.2, -0.15) is 0 Å². The van der Waals surface area contributed by atoms with E-state index in [1.165, 1.54) is 6.07 Å². The number of phenols is 1. The van der Waals surface area contributed by atoms with Crippen molar-refractivity contribution in [2.24, 2.45) is 0 Å². The molecule has 0 aromatic heterocycles. The van der Waals surface area contributed by atoms with Crippen LogP contribution < -0.4 is 4.90 Å². The van der Waals surface area contributed by atoms with Crippen LogP contribution in [0.25, 0.3) is 0 Å². The number of rotatable bonds is 2. The first-order chi connectivity index (χ1) is 8.40. The maximum absolute atomic E-state index is 11.6. The summed E-state index contributed by atoms with van der Waals surface area (Å²) in [6.07, 6.45) is -0.935. The number of carbonyl (C=O) groups excluding carboxylic acids is 1. The molecule has 1 unspecified atom stereocenters. The maximum atomic E-state index is 11.6. The number of phenolic OH excluding ortho intramolecular Hbond substituents is 1. The van der Waals surface area contributed by atoms with Gasteiger partial charge in [0, 0.05) is 11.1 Å². The Labute approximate surface area is 106 Å². The SMILES string of the molecule is O=C1CC(O)CN1c1cc(Cl)cc([N+](=O)[O-])c1O. The normalized spacial score (nSPS) is 19.3. The number of halogens is 1. The number of hydrogen-bond acceptors (Lipinski definition) is 5. The van der Waals surface area contributed by atoms with Gasteiger partial charge in [0.2, 0.25) is 11.7 Å². The van der Waals surface area contributed by atoms with Crippen LogP contribution in [0.3, 0.4) is 0 Å². The van der Waals surface area contributed by atoms with Gasteiger partial charge >= 0.3 is 5.69 Å². The second kappa shape index (κ2) is 4.43. The van der Waals surface area contributed by atoms with Gasteiger partial charge < -0.3 is 15.1 Å². The highest BCUT2D eigenvalue weighted by Gasteiger charge is 2.33. The predicted octanol–water partition coefficient (Wildman–Crippen LogP) is 1.05. The molecule has 1 atom stereocenters. The highest BCUT2D eigenvalue weighted by molar-refractivity contribution is 6.31. The molecule has 1 aliphatic heterocycles. The van der Waals surface area contributed by atoms with E-state index in [9.17, 15) is 25.1 Å². The maximum Gasteiger partial charge on any atom is 0.314 e. The topological polar surface area (TPSA) is 104 Å². The first-order valence-electron chi connectivity index (χ1n) is 5.05. The van der Waals surface area contributed by atoms with Crippen molar-refractivity contribution in [1.29, 1.82) is 0 Å². The Kier molecular flexibility index (Phi) is 3.10. The molecule has 0 saturated carbocycles. The second-order valence-corrected chi connectivity index (χ2v) is 4.35. The Morgan fingerprint density at radius 3 is 2.67 bits per heavy atom. The fraction of sp³-hybridized carbons (Fsp3) is 0.300. The molecule has 1 aliphatic rings. The summed E-state index contributed by atoms with van der Waals surface area (Å²) in [4.78, 5) is 22.6. The number of hydrogen-bond donors (Lipinski definition) is 2. The number of benzene rings is 1. The van der Waals surface area contributed by atoms with Crippen molar-refractivity contribution in [3.05, 3.63) is 27.3 Å². The van der Waals surface area contributed by atoms with E-state index in [2.05, 4.69) is 0 Å². The standard InChI is InChI=1S/C10H9ClN2O5/c11-5-1-7(10(16)8(2-5)13(17)18)12-4-6(14)3-9(12)15/h1-2,6,14,16H,3-4H2. The summed E-state index contributed by atoms with van der Waals surface area (Å²) < 4.78 is 0. The van der Waals surface area contributed by atoms with Crippen molar-refractivity contribution >= 4 is 28.9 Å². The van der Waals surface area contributed by atoms with E-state index in [-0.39, 0.29) is 23.7 Å². The molecule has 1 saturated heterocycles. The minimum absolute atomic E-state index is 0.0239. The van der Waals surface area contributed by atoms with Gasteiger partial charge in [0.25, 0.3) is 0 Å². The molecule has 2 rings (SSSR count). The van der Waals surface area contributed by atoms with E-state index < -0.39 is 28.4 Å². The summed E-state index contributed by atoms with van der Waals surface area (Å²) in [6, 6.07) is 2.25. The van der Waals surface area contributed by atoms with E-state index in [1.54, 1.807) is 0 Å². The van der Waals surface area contributed by atoms with Crippen LogP contribution >= 0.6 is 11.6 Å². The summed E-state index contributed by atoms with van der Waals surface area (Å²) in [5.74, 6) is -1.05. The number of nitro benzene ring substituents is 1. The van der Waals surface area contributed by atoms with Crippen molar-refractivity contribution in [2.45, 2.75) is 12.5 Å². The molecule has 2 N–H and O–H groups in total. The van der Waals surface area contributed by atoms with Crippen LogP contribution in [0.1, 0.15) is 6.42 Å². The molecule has 1 heterocycles. The highest BCUT2D eigenvalue weighted by atomic mass is 35.5. The molecule has 18 heavy (non-hydrogen) atoms. The average Bonchev–Trinajstić information content (AvgIpc) is 2.60. The molecule has 0 bridgehead atoms. The summed E-state index contributed by atoms with van der Waals surface area (Å²) >= 11 is 5.71. The molecule has 1 fully saturated rings. The zero-order valence-electron chi connectivity index (χ0n) is 9.04. The van der Waals surface area contributed by atoms with Crippen molar-refractivity contribution in [3.8, 4) is 5.75 Å². The third-order valence-corrected chi connectivity index (χ3v) is 2.84. The van der Waals surface area contributed by atoms with Crippen LogP contribution in [0.2, 0.25) is 5.02 Å². The Morgan fingerprint density at radius 1 is 1.50 bits per heavy atom. The largest absolute Gasteiger partial charge is 0.501 e. The molecular formula is C10H9ClN2O5. The van der Waals surface area contributed by atoms with Gasteiger partial charge in [-0.25, -0.2) is 0 Å². The zero-order chi connectivity index (χ0) is 13.4. The molecular weight excluding hydrogens is 264 g/mol. The third-order valence-electron chi connectivity index (χ3n) is 2.63. The van der Waals surface area contributed by atoms with Crippen molar-refractivity contribution in [2.75, 3.05) is 11.4 Å². The third kappa shape index (κ3) is 2.09. The van der Waals surface area contributed by atoms with E-state index in [0.717, 1.165) is 11.0 Å². The lowest BCUT2D eigenvalue weighted by molar-refractivity contribution is -0.385. The molecule has 1 amide bonds. The smallest absolute Gasteiger partial charge is 0.314 e. The lowest BCUT2D eigenvalue weighted by atomic mass is 10.2. The molecule has 0 spiro atoms. The summed E-state index contributed by atoms with van der Waals surface area (Å²) in [6.45, 7) is -0.0239. The van der Waals surface area contributed by atoms with Gasteiger partial charge in [0.05, 0.1) is 29.7 Å². The number of aliphatic hydroxyl groups excluding tert-OH is 1. The van der Waals surface area contributed by atoms with Crippen LogP contribution in [-0.2, 0) is 4.79 Å². The number of nitrogens with zero attached hydrogens (tertiary/aromatic N) is 2. The number of β-amino-alcohol motifs (C(OH)–C–C–N with tert-alkyl or cyclic N) is 1. The van der Waals surface area contributed by atoms with Crippen LogP contribution in [-0.4, -0.2) is 33.7 Å². The first-order valence-corrected chi connectivity index (χ1v) is 5.43. The number of aromatic hydroxyl groups is 1. The van der Waals surface area contributed by atoms with Gasteiger partial charge in [0.15, 0.2) is 0 Å². The van der Waals surface area contributed by atoms with Crippen LogP contribution in [0.4, 0.5) is 11.4 Å². The zero-order valence-corrected chi connectivity index (χ0v) is 9.79. The van der Waals surface area contributed by atoms with E-state index in [4.69, 9.17) is 11.6 Å². The van der Waals surface area contributed by atoms with Gasteiger partial charge in [-0.3, -0.25) is 14.9 Å². The number of carbonyl (C=O) groups is 1. The van der Waals surface area contributed by atoms with Gasteiger partial charge in [0.1, 0.15) is 0 Å². The van der Waals surface area contributed by atoms with E-state index in [0.29, 0.717) is 0 Å². The molecule has 0 radical (unpaired) electrons. The summed E-state index contributed by atoms with van der Waals surface area (Å²) in [5.41, 5.74) is -0.637. The molecule has 0 aliphatic carbocycles. The number of anilines is 1. The summed E-state index contributed by atoms with van der Waals surface area (Å²) in [5, 5.41) is 29.9. The van der Waals surface area contributed by atoms with Crippen molar-refractivity contribution < 1.29 is 19.9 Å². The van der Waals surface area contributed by atoms with Gasteiger partial charge in [-0.15, -0.1) is 0 Å². The predicted molar refractivity (Wildman–Crippen MR) is 62.7 cm³/mol. The van der Waals surface area contributed by atoms with Crippen LogP contribution in [0.5, 0.6) is 5.75 Å². The fourth-order valence-electron chi connectivity index (χ4n) is 1.84. The van der Waals surface area contributed by atoms with Crippen molar-refractivity contribution in [1.82, 2.24) is 0 Å². The number of aliphatic hydroxyl groups is 1. The van der Waals surface area contributed by atoms with Crippen LogP contribution in [0, 0.1) is 10.1 Å². The Balaban J connectivity index is 2.51. The lowest BCUT2D eigenvalue weighted by Gasteiger charge is -2.17. The van der Waals surface area contributed by atoms with Gasteiger partial charge in [-0.1, -0.05) is 11.6 Å². The Hall–Kier alpha value is -1.86. The second-order valence-electron chi connectivity index (χ2n) is 3.91. The fourth-order valence-corrected chi connectivity index (χ4v) is 2.04. The minimum Gasteiger partial charge on any atom is -0.501 e. The summed E-state index contributed by atoms with van der Waals surface area (Å²) in [7, 11) is 0. The average molecular weight is 273 g/mol. The molecule has 8 heteroatoms. The Morgan fingerprint density at radius 2 is 2.17 bits per heavy atom. The van der Waals surface area contributed by atoms with Gasteiger partial charge in [-0.05, 0) is 6.07 Å². The quantitative estimate of drug-likeness (QED) is 0.618. The number of amides is 1. The monoisotopic (exact) mass is 272 g/mol. The highest BCUT2D eigenvalue weighted by Crippen LogP contribution is 2.40. The van der Waals surface area contributed by atoms with E-state index >= 15 is 0 Å². The molecule has 1 aromatic carbocycles. The number of nitro groups is 1. The molecule has 96 valence electrons. The molecule has 1 aromatic rings. The van der Waals surface area contributed by atoms with Crippen LogP contribution in [0.15, 0.2) is 12.1 Å². The first kappa shape index (κ1) is 12.6. The molecule has 7 nitrogen and oxygen atoms in total. The minimum atomic E-state index is -0.852. The van der Waals surface area contributed by atoms with Crippen molar-refractivity contribution in [3.63, 3.8) is 0 Å². The lowest BCUT2D eigenvalue weighted by Crippen LogP contribution is -2.25. The van der Waals surface area contributed by atoms with E-state index in [1.807, 2.05) is 0 Å².